The van der Waals surface area contributed by atoms with E-state index >= 15 is 0 Å². The van der Waals surface area contributed by atoms with Crippen molar-refractivity contribution in [2.75, 3.05) is 13.2 Å². The van der Waals surface area contributed by atoms with E-state index in [0.29, 0.717) is 6.04 Å². The minimum absolute atomic E-state index is 0.0322. The van der Waals surface area contributed by atoms with Gasteiger partial charge in [0.25, 0.3) is 0 Å². The average molecular weight is 216 g/mol. The Kier molecular flexibility index (Phi) is 4.51. The summed E-state index contributed by atoms with van der Waals surface area (Å²) < 4.78 is 0. The van der Waals surface area contributed by atoms with Crippen molar-refractivity contribution in [2.24, 2.45) is 0 Å². The van der Waals surface area contributed by atoms with Gasteiger partial charge in [-0.25, -0.2) is 4.79 Å². The van der Waals surface area contributed by atoms with E-state index in [1.807, 2.05) is 0 Å². The normalized spacial score (nSPS) is 17.1. The molecule has 0 bridgehead atoms. The number of nitrogens with one attached hydrogen (secondary N) is 2. The lowest BCUT2D eigenvalue weighted by Crippen LogP contribution is -2.45. The van der Waals surface area contributed by atoms with Gasteiger partial charge in [-0.05, 0) is 12.8 Å². The summed E-state index contributed by atoms with van der Waals surface area (Å²) in [5.74, 6) is -1.47. The Morgan fingerprint density at radius 2 is 2.07 bits per heavy atom. The molecule has 0 radical (unpaired) electrons. The first-order chi connectivity index (χ1) is 7.13. The first-order valence-electron chi connectivity index (χ1n) is 5.00. The van der Waals surface area contributed by atoms with E-state index in [9.17, 15) is 9.59 Å². The molecule has 1 aliphatic rings. The van der Waals surface area contributed by atoms with Crippen molar-refractivity contribution < 1.29 is 19.8 Å². The van der Waals surface area contributed by atoms with Crippen LogP contribution in [-0.2, 0) is 9.59 Å². The molecular weight excluding hydrogens is 200 g/mol. The summed E-state index contributed by atoms with van der Waals surface area (Å²) in [7, 11) is 0. The fourth-order valence-electron chi connectivity index (χ4n) is 1.16. The molecule has 0 spiro atoms. The highest BCUT2D eigenvalue weighted by Gasteiger charge is 2.23. The molecule has 1 aliphatic carbocycles. The number of carboxylic acid groups (broad SMARTS) is 1. The van der Waals surface area contributed by atoms with Crippen molar-refractivity contribution in [3.8, 4) is 0 Å². The van der Waals surface area contributed by atoms with Crippen LogP contribution in [0.15, 0.2) is 0 Å². The maximum Gasteiger partial charge on any atom is 0.326 e. The van der Waals surface area contributed by atoms with Crippen molar-refractivity contribution in [2.45, 2.75) is 31.3 Å². The molecular formula is C9H16N2O4. The number of aliphatic hydroxyl groups is 1. The molecule has 1 atom stereocenters. The molecule has 1 rings (SSSR count). The zero-order chi connectivity index (χ0) is 11.3. The number of aliphatic hydroxyl groups excluding tert-OH is 1. The lowest BCUT2D eigenvalue weighted by atomic mass is 10.2. The van der Waals surface area contributed by atoms with Gasteiger partial charge in [0.1, 0.15) is 6.04 Å². The van der Waals surface area contributed by atoms with E-state index in [0.717, 1.165) is 12.8 Å². The maximum atomic E-state index is 11.2. The summed E-state index contributed by atoms with van der Waals surface area (Å²) >= 11 is 0. The fraction of sp³-hybridized carbons (Fsp3) is 0.778. The summed E-state index contributed by atoms with van der Waals surface area (Å²) in [5, 5.41) is 22.6. The summed E-state index contributed by atoms with van der Waals surface area (Å²) in [6.07, 6.45) is 2.18. The van der Waals surface area contributed by atoms with Crippen LogP contribution in [0.5, 0.6) is 0 Å². The summed E-state index contributed by atoms with van der Waals surface area (Å²) in [6, 6.07) is -0.583. The SMILES string of the molecule is O=C(CNC1CC1)NC(CCO)C(=O)O. The smallest absolute Gasteiger partial charge is 0.326 e. The van der Waals surface area contributed by atoms with Gasteiger partial charge in [-0.15, -0.1) is 0 Å². The Morgan fingerprint density at radius 1 is 1.40 bits per heavy atom. The van der Waals surface area contributed by atoms with E-state index in [1.54, 1.807) is 0 Å². The van der Waals surface area contributed by atoms with Crippen molar-refractivity contribution in [1.82, 2.24) is 10.6 Å². The van der Waals surface area contributed by atoms with E-state index in [1.165, 1.54) is 0 Å². The van der Waals surface area contributed by atoms with Crippen LogP contribution in [0.3, 0.4) is 0 Å². The van der Waals surface area contributed by atoms with Crippen molar-refractivity contribution in [1.29, 1.82) is 0 Å². The van der Waals surface area contributed by atoms with Gasteiger partial charge in [-0.1, -0.05) is 0 Å². The molecule has 1 saturated carbocycles. The first kappa shape index (κ1) is 11.9. The van der Waals surface area contributed by atoms with E-state index < -0.39 is 12.0 Å². The highest BCUT2D eigenvalue weighted by Crippen LogP contribution is 2.17. The number of carbonyl (C=O) groups is 2. The van der Waals surface area contributed by atoms with Gasteiger partial charge in [-0.3, -0.25) is 4.79 Å². The summed E-state index contributed by atoms with van der Waals surface area (Å²) in [4.78, 5) is 21.9. The van der Waals surface area contributed by atoms with Crippen molar-refractivity contribution >= 4 is 11.9 Å². The van der Waals surface area contributed by atoms with Gasteiger partial charge >= 0.3 is 5.97 Å². The highest BCUT2D eigenvalue weighted by molar-refractivity contribution is 5.84. The largest absolute Gasteiger partial charge is 0.480 e. The van der Waals surface area contributed by atoms with E-state index in [4.69, 9.17) is 10.2 Å². The monoisotopic (exact) mass is 216 g/mol. The average Bonchev–Trinajstić information content (AvgIpc) is 2.97. The number of carbonyl (C=O) groups excluding carboxylic acids is 1. The molecule has 6 heteroatoms. The van der Waals surface area contributed by atoms with Gasteiger partial charge in [0.05, 0.1) is 6.54 Å². The second-order valence-corrected chi connectivity index (χ2v) is 3.63. The predicted molar refractivity (Wildman–Crippen MR) is 52.3 cm³/mol. The predicted octanol–water partition coefficient (Wildman–Crippen LogP) is -1.31. The first-order valence-corrected chi connectivity index (χ1v) is 5.00. The second-order valence-electron chi connectivity index (χ2n) is 3.63. The Morgan fingerprint density at radius 3 is 2.53 bits per heavy atom. The van der Waals surface area contributed by atoms with Crippen molar-refractivity contribution in [3.05, 3.63) is 0 Å². The molecule has 1 amide bonds. The molecule has 6 nitrogen and oxygen atoms in total. The van der Waals surface area contributed by atoms with Crippen LogP contribution >= 0.6 is 0 Å². The Bertz CT molecular complexity index is 240. The van der Waals surface area contributed by atoms with Crippen LogP contribution in [-0.4, -0.2) is 47.3 Å². The van der Waals surface area contributed by atoms with Crippen LogP contribution < -0.4 is 10.6 Å². The molecule has 0 aromatic heterocycles. The molecule has 0 aromatic rings. The fourth-order valence-corrected chi connectivity index (χ4v) is 1.16. The molecule has 86 valence electrons. The quantitative estimate of drug-likeness (QED) is 0.423. The topological polar surface area (TPSA) is 98.7 Å². The molecule has 1 unspecified atom stereocenters. The number of hydrogen-bond donors (Lipinski definition) is 4. The number of amides is 1. The summed E-state index contributed by atoms with van der Waals surface area (Å²) in [6.45, 7) is -0.118. The van der Waals surface area contributed by atoms with Crippen LogP contribution in [0.25, 0.3) is 0 Å². The third kappa shape index (κ3) is 4.75. The Labute approximate surface area is 87.7 Å². The van der Waals surface area contributed by atoms with E-state index in [2.05, 4.69) is 10.6 Å². The summed E-state index contributed by atoms with van der Waals surface area (Å²) in [5.41, 5.74) is 0. The maximum absolute atomic E-state index is 11.2. The minimum Gasteiger partial charge on any atom is -0.480 e. The van der Waals surface area contributed by atoms with Crippen LogP contribution in [0.4, 0.5) is 0 Å². The van der Waals surface area contributed by atoms with Crippen LogP contribution in [0.2, 0.25) is 0 Å². The lowest BCUT2D eigenvalue weighted by molar-refractivity contribution is -0.142. The number of aliphatic carboxylic acids is 1. The molecule has 0 saturated heterocycles. The molecule has 15 heavy (non-hydrogen) atoms. The van der Waals surface area contributed by atoms with Crippen LogP contribution in [0.1, 0.15) is 19.3 Å². The van der Waals surface area contributed by atoms with Gasteiger partial charge in [0, 0.05) is 19.1 Å². The Hall–Kier alpha value is -1.14. The van der Waals surface area contributed by atoms with Crippen molar-refractivity contribution in [3.63, 3.8) is 0 Å². The molecule has 0 heterocycles. The van der Waals surface area contributed by atoms with Gasteiger partial charge in [0.15, 0.2) is 0 Å². The molecule has 0 aromatic carbocycles. The molecule has 4 N–H and O–H groups in total. The third-order valence-corrected chi connectivity index (χ3v) is 2.18. The standard InChI is InChI=1S/C9H16N2O4/c12-4-3-7(9(14)15)11-8(13)5-10-6-1-2-6/h6-7,10,12H,1-5H2,(H,11,13)(H,14,15). The minimum atomic E-state index is -1.12. The van der Waals surface area contributed by atoms with Gasteiger partial charge in [0.2, 0.25) is 5.91 Å². The Balaban J connectivity index is 2.22. The molecule has 0 aliphatic heterocycles. The number of hydrogen-bond acceptors (Lipinski definition) is 4. The molecule has 1 fully saturated rings. The number of carboxylic acids is 1. The highest BCUT2D eigenvalue weighted by atomic mass is 16.4. The van der Waals surface area contributed by atoms with Gasteiger partial charge in [-0.2, -0.15) is 0 Å². The second kappa shape index (κ2) is 5.67. The zero-order valence-corrected chi connectivity index (χ0v) is 8.40. The van der Waals surface area contributed by atoms with E-state index in [-0.39, 0.29) is 25.5 Å². The number of rotatable bonds is 7. The van der Waals surface area contributed by atoms with Crippen LogP contribution in [0, 0.1) is 0 Å². The third-order valence-electron chi connectivity index (χ3n) is 2.18. The lowest BCUT2D eigenvalue weighted by Gasteiger charge is -2.13. The van der Waals surface area contributed by atoms with Gasteiger partial charge < -0.3 is 20.8 Å². The zero-order valence-electron chi connectivity index (χ0n) is 8.40.